The Morgan fingerprint density at radius 3 is 2.14 bits per heavy atom. The summed E-state index contributed by atoms with van der Waals surface area (Å²) in [4.78, 5) is 36.5. The molecule has 5 heteroatoms. The van der Waals surface area contributed by atoms with Gasteiger partial charge in [0.15, 0.2) is 5.78 Å². The van der Waals surface area contributed by atoms with Crippen molar-refractivity contribution in [3.8, 4) is 0 Å². The maximum absolute atomic E-state index is 12.2. The van der Waals surface area contributed by atoms with Crippen molar-refractivity contribution in [3.05, 3.63) is 0 Å². The van der Waals surface area contributed by atoms with Gasteiger partial charge in [0.2, 0.25) is 11.8 Å². The average molecular weight is 296 g/mol. The van der Waals surface area contributed by atoms with Crippen LogP contribution in [0.4, 0.5) is 0 Å². The summed E-state index contributed by atoms with van der Waals surface area (Å²) in [5.41, 5.74) is 0. The molecule has 2 amide bonds. The zero-order chi connectivity index (χ0) is 16.0. The molecular weight excluding hydrogens is 268 g/mol. The van der Waals surface area contributed by atoms with Crippen LogP contribution >= 0.6 is 0 Å². The molecule has 0 spiro atoms. The molecule has 120 valence electrons. The molecule has 21 heavy (non-hydrogen) atoms. The van der Waals surface area contributed by atoms with Gasteiger partial charge in [-0.2, -0.15) is 0 Å². The third-order valence-electron chi connectivity index (χ3n) is 3.73. The first-order valence-corrected chi connectivity index (χ1v) is 7.96. The fourth-order valence-corrected chi connectivity index (χ4v) is 2.60. The number of nitrogens with one attached hydrogen (secondary N) is 1. The Labute approximate surface area is 127 Å². The molecule has 1 N–H and O–H groups in total. The van der Waals surface area contributed by atoms with Crippen LogP contribution in [0.15, 0.2) is 0 Å². The molecule has 0 aromatic heterocycles. The van der Waals surface area contributed by atoms with E-state index in [1.54, 1.807) is 0 Å². The topological polar surface area (TPSA) is 66.5 Å². The predicted molar refractivity (Wildman–Crippen MR) is 81.7 cm³/mol. The van der Waals surface area contributed by atoms with E-state index in [1.807, 2.05) is 27.7 Å². The highest BCUT2D eigenvalue weighted by Gasteiger charge is 2.28. The summed E-state index contributed by atoms with van der Waals surface area (Å²) >= 11 is 0. The van der Waals surface area contributed by atoms with E-state index in [-0.39, 0.29) is 35.6 Å². The fraction of sp³-hybridized carbons (Fsp3) is 0.812. The summed E-state index contributed by atoms with van der Waals surface area (Å²) in [6.45, 7) is 8.38. The maximum Gasteiger partial charge on any atom is 0.229 e. The van der Waals surface area contributed by atoms with Gasteiger partial charge in [0.1, 0.15) is 0 Å². The molecule has 1 fully saturated rings. The smallest absolute Gasteiger partial charge is 0.229 e. The third kappa shape index (κ3) is 5.58. The highest BCUT2D eigenvalue weighted by Crippen LogP contribution is 2.14. The van der Waals surface area contributed by atoms with Crippen molar-refractivity contribution in [2.24, 2.45) is 5.92 Å². The fourth-order valence-electron chi connectivity index (χ4n) is 2.60. The standard InChI is InChI=1S/C16H28N2O3/c1-11(2)16(21)13(17-12(3)4)7-5-6-10-18-14(19)8-9-15(18)20/h11-13,17H,5-10H2,1-4H3. The minimum atomic E-state index is -0.130. The second-order valence-electron chi connectivity index (χ2n) is 6.37. The van der Waals surface area contributed by atoms with Crippen LogP contribution in [0.3, 0.4) is 0 Å². The Bertz CT molecular complexity index is 375. The Hall–Kier alpha value is -1.23. The van der Waals surface area contributed by atoms with Crippen molar-refractivity contribution in [2.75, 3.05) is 6.54 Å². The van der Waals surface area contributed by atoms with E-state index in [1.165, 1.54) is 4.90 Å². The van der Waals surface area contributed by atoms with Crippen LogP contribution in [0.1, 0.15) is 59.8 Å². The van der Waals surface area contributed by atoms with Crippen LogP contribution in [0, 0.1) is 5.92 Å². The number of carbonyl (C=O) groups is 3. The van der Waals surface area contributed by atoms with Gasteiger partial charge in [0.05, 0.1) is 6.04 Å². The number of hydrogen-bond acceptors (Lipinski definition) is 4. The Morgan fingerprint density at radius 1 is 1.10 bits per heavy atom. The Morgan fingerprint density at radius 2 is 1.67 bits per heavy atom. The highest BCUT2D eigenvalue weighted by molar-refractivity contribution is 6.01. The van der Waals surface area contributed by atoms with Crippen molar-refractivity contribution >= 4 is 17.6 Å². The molecule has 5 nitrogen and oxygen atoms in total. The van der Waals surface area contributed by atoms with Gasteiger partial charge in [0, 0.05) is 31.3 Å². The van der Waals surface area contributed by atoms with Crippen molar-refractivity contribution < 1.29 is 14.4 Å². The molecule has 1 unspecified atom stereocenters. The molecule has 0 radical (unpaired) electrons. The van der Waals surface area contributed by atoms with Gasteiger partial charge in [-0.15, -0.1) is 0 Å². The molecule has 1 aliphatic heterocycles. The second kappa shape index (κ2) is 8.27. The monoisotopic (exact) mass is 296 g/mol. The number of nitrogens with zero attached hydrogens (tertiary/aromatic N) is 1. The lowest BCUT2D eigenvalue weighted by Gasteiger charge is -2.22. The molecule has 1 rings (SSSR count). The molecular formula is C16H28N2O3. The van der Waals surface area contributed by atoms with Gasteiger partial charge in [-0.05, 0) is 19.3 Å². The van der Waals surface area contributed by atoms with Crippen LogP contribution in [0.2, 0.25) is 0 Å². The van der Waals surface area contributed by atoms with Crippen LogP contribution in [0.5, 0.6) is 0 Å². The number of Topliss-reactive ketones (excluding diaryl/α,β-unsaturated/α-hetero) is 1. The van der Waals surface area contributed by atoms with E-state index < -0.39 is 0 Å². The quantitative estimate of drug-likeness (QED) is 0.521. The number of carbonyl (C=O) groups excluding carboxylic acids is 3. The van der Waals surface area contributed by atoms with Crippen LogP contribution in [-0.2, 0) is 14.4 Å². The van der Waals surface area contributed by atoms with E-state index in [2.05, 4.69) is 5.32 Å². The molecule has 0 bridgehead atoms. The minimum absolute atomic E-state index is 0.0167. The SMILES string of the molecule is CC(C)NC(CCCCN1C(=O)CCC1=O)C(=O)C(C)C. The number of amides is 2. The van der Waals surface area contributed by atoms with Crippen molar-refractivity contribution in [2.45, 2.75) is 71.9 Å². The molecule has 1 aliphatic rings. The molecule has 0 aliphatic carbocycles. The minimum Gasteiger partial charge on any atom is -0.305 e. The lowest BCUT2D eigenvalue weighted by atomic mass is 9.96. The van der Waals surface area contributed by atoms with Gasteiger partial charge in [-0.1, -0.05) is 27.7 Å². The van der Waals surface area contributed by atoms with Gasteiger partial charge in [-0.3, -0.25) is 19.3 Å². The zero-order valence-electron chi connectivity index (χ0n) is 13.6. The van der Waals surface area contributed by atoms with Crippen LogP contribution in [0.25, 0.3) is 0 Å². The largest absolute Gasteiger partial charge is 0.305 e. The van der Waals surface area contributed by atoms with E-state index in [0.29, 0.717) is 19.4 Å². The summed E-state index contributed by atoms with van der Waals surface area (Å²) in [6, 6.07) is 0.134. The Balaban J connectivity index is 2.37. The lowest BCUT2D eigenvalue weighted by molar-refractivity contribution is -0.138. The first kappa shape index (κ1) is 17.8. The van der Waals surface area contributed by atoms with E-state index in [4.69, 9.17) is 0 Å². The van der Waals surface area contributed by atoms with E-state index in [9.17, 15) is 14.4 Å². The zero-order valence-corrected chi connectivity index (χ0v) is 13.6. The van der Waals surface area contributed by atoms with Crippen molar-refractivity contribution in [3.63, 3.8) is 0 Å². The van der Waals surface area contributed by atoms with Crippen LogP contribution < -0.4 is 5.32 Å². The van der Waals surface area contributed by atoms with Crippen molar-refractivity contribution in [1.29, 1.82) is 0 Å². The summed E-state index contributed by atoms with van der Waals surface area (Å²) in [6.07, 6.45) is 3.05. The number of unbranched alkanes of at least 4 members (excludes halogenated alkanes) is 1. The Kier molecular flexibility index (Phi) is 7.02. The summed E-state index contributed by atoms with van der Waals surface area (Å²) < 4.78 is 0. The van der Waals surface area contributed by atoms with Crippen molar-refractivity contribution in [1.82, 2.24) is 10.2 Å². The van der Waals surface area contributed by atoms with E-state index in [0.717, 1.165) is 19.3 Å². The number of imide groups is 1. The molecule has 1 atom stereocenters. The predicted octanol–water partition coefficient (Wildman–Crippen LogP) is 1.90. The first-order chi connectivity index (χ1) is 9.82. The molecule has 0 aromatic carbocycles. The molecule has 0 saturated carbocycles. The second-order valence-corrected chi connectivity index (χ2v) is 6.37. The van der Waals surface area contributed by atoms with Crippen LogP contribution in [-0.4, -0.2) is 41.1 Å². The van der Waals surface area contributed by atoms with Gasteiger partial charge < -0.3 is 5.32 Å². The number of likely N-dealkylation sites (tertiary alicyclic amines) is 1. The van der Waals surface area contributed by atoms with Gasteiger partial charge >= 0.3 is 0 Å². The summed E-state index contributed by atoms with van der Waals surface area (Å²) in [5, 5.41) is 3.31. The van der Waals surface area contributed by atoms with Gasteiger partial charge in [-0.25, -0.2) is 0 Å². The van der Waals surface area contributed by atoms with E-state index >= 15 is 0 Å². The molecule has 0 aromatic rings. The molecule has 1 saturated heterocycles. The lowest BCUT2D eigenvalue weighted by Crippen LogP contribution is -2.42. The number of rotatable bonds is 9. The maximum atomic E-state index is 12.2. The average Bonchev–Trinajstić information content (AvgIpc) is 2.71. The first-order valence-electron chi connectivity index (χ1n) is 7.96. The summed E-state index contributed by atoms with van der Waals surface area (Å²) in [5.74, 6) is 0.130. The highest BCUT2D eigenvalue weighted by atomic mass is 16.2. The third-order valence-corrected chi connectivity index (χ3v) is 3.73. The van der Waals surface area contributed by atoms with Gasteiger partial charge in [0.25, 0.3) is 0 Å². The number of ketones is 1. The summed E-state index contributed by atoms with van der Waals surface area (Å²) in [7, 11) is 0. The molecule has 1 heterocycles. The number of hydrogen-bond donors (Lipinski definition) is 1. The normalized spacial score (nSPS) is 17.1.